The Morgan fingerprint density at radius 3 is 2.57 bits per heavy atom. The van der Waals surface area contributed by atoms with E-state index in [-0.39, 0.29) is 27.7 Å². The van der Waals surface area contributed by atoms with Crippen LogP contribution in [0.3, 0.4) is 0 Å². The number of nitrogens with zero attached hydrogens (tertiary/aromatic N) is 1. The van der Waals surface area contributed by atoms with E-state index >= 15 is 0 Å². The molecule has 0 saturated carbocycles. The van der Waals surface area contributed by atoms with Crippen molar-refractivity contribution in [1.82, 2.24) is 4.90 Å². The summed E-state index contributed by atoms with van der Waals surface area (Å²) in [5.41, 5.74) is 0.889. The number of carbonyl (C=O) groups excluding carboxylic acids is 1. The van der Waals surface area contributed by atoms with E-state index in [0.717, 1.165) is 0 Å². The number of hydrogen-bond acceptors (Lipinski definition) is 2. The average molecular weight is 352 g/mol. The van der Waals surface area contributed by atoms with Gasteiger partial charge in [0.15, 0.2) is 0 Å². The molecular formula is C16H15BrFNO2. The number of hydrogen-bond donors (Lipinski definition) is 1. The number of benzene rings is 2. The van der Waals surface area contributed by atoms with Crippen LogP contribution >= 0.6 is 15.9 Å². The Kier molecular flexibility index (Phi) is 4.63. The summed E-state index contributed by atoms with van der Waals surface area (Å²) in [5.74, 6) is -0.676. The summed E-state index contributed by atoms with van der Waals surface area (Å²) in [4.78, 5) is 14.0. The Balaban J connectivity index is 2.31. The topological polar surface area (TPSA) is 40.5 Å². The molecule has 0 heterocycles. The van der Waals surface area contributed by atoms with Gasteiger partial charge in [0.25, 0.3) is 5.91 Å². The Bertz CT molecular complexity index is 675. The molecule has 1 amide bonds. The lowest BCUT2D eigenvalue weighted by Crippen LogP contribution is -2.30. The average Bonchev–Trinajstić information content (AvgIpc) is 2.48. The molecule has 2 aromatic carbocycles. The fourth-order valence-corrected chi connectivity index (χ4v) is 2.52. The van der Waals surface area contributed by atoms with Crippen molar-refractivity contribution in [2.24, 2.45) is 0 Å². The van der Waals surface area contributed by atoms with Gasteiger partial charge in [0.05, 0.1) is 16.1 Å². The molecule has 110 valence electrons. The first-order valence-electron chi connectivity index (χ1n) is 6.42. The second-order valence-corrected chi connectivity index (χ2v) is 5.55. The SMILES string of the molecule is CC(c1ccccc1O)N(C)C(=O)c1cccc(F)c1Br. The molecule has 3 nitrogen and oxygen atoms in total. The number of amides is 1. The number of rotatable bonds is 3. The molecule has 0 aliphatic heterocycles. The fraction of sp³-hybridized carbons (Fsp3) is 0.188. The van der Waals surface area contributed by atoms with E-state index in [9.17, 15) is 14.3 Å². The molecule has 2 aromatic rings. The largest absolute Gasteiger partial charge is 0.508 e. The summed E-state index contributed by atoms with van der Waals surface area (Å²) in [7, 11) is 1.62. The van der Waals surface area contributed by atoms with Crippen molar-refractivity contribution in [2.45, 2.75) is 13.0 Å². The number of halogens is 2. The number of aromatic hydroxyl groups is 1. The zero-order valence-electron chi connectivity index (χ0n) is 11.7. The van der Waals surface area contributed by atoms with Crippen LogP contribution < -0.4 is 0 Å². The first-order valence-corrected chi connectivity index (χ1v) is 7.22. The molecule has 2 rings (SSSR count). The first kappa shape index (κ1) is 15.5. The van der Waals surface area contributed by atoms with Crippen LogP contribution in [0.25, 0.3) is 0 Å². The lowest BCUT2D eigenvalue weighted by Gasteiger charge is -2.26. The molecule has 1 atom stereocenters. The summed E-state index contributed by atoms with van der Waals surface area (Å²) in [6.45, 7) is 1.81. The van der Waals surface area contributed by atoms with Crippen molar-refractivity contribution < 1.29 is 14.3 Å². The van der Waals surface area contributed by atoms with E-state index < -0.39 is 5.82 Å². The molecule has 21 heavy (non-hydrogen) atoms. The van der Waals surface area contributed by atoms with Crippen LogP contribution in [0.1, 0.15) is 28.9 Å². The van der Waals surface area contributed by atoms with Gasteiger partial charge in [-0.15, -0.1) is 0 Å². The van der Waals surface area contributed by atoms with E-state index in [1.54, 1.807) is 44.3 Å². The molecule has 1 N–H and O–H groups in total. The van der Waals surface area contributed by atoms with Gasteiger partial charge in [-0.25, -0.2) is 4.39 Å². The van der Waals surface area contributed by atoms with Gasteiger partial charge >= 0.3 is 0 Å². The summed E-state index contributed by atoms with van der Waals surface area (Å²) in [6.07, 6.45) is 0. The summed E-state index contributed by atoms with van der Waals surface area (Å²) >= 11 is 3.10. The number of phenolic OH excluding ortho intramolecular Hbond substituents is 1. The van der Waals surface area contributed by atoms with E-state index in [0.29, 0.717) is 5.56 Å². The van der Waals surface area contributed by atoms with Crippen LogP contribution in [0, 0.1) is 5.82 Å². The minimum atomic E-state index is -0.482. The maximum Gasteiger partial charge on any atom is 0.255 e. The Hall–Kier alpha value is -1.88. The molecule has 0 fully saturated rings. The van der Waals surface area contributed by atoms with Crippen molar-refractivity contribution in [1.29, 1.82) is 0 Å². The highest BCUT2D eigenvalue weighted by Gasteiger charge is 2.23. The minimum Gasteiger partial charge on any atom is -0.508 e. The molecule has 0 aliphatic rings. The molecule has 0 radical (unpaired) electrons. The number of para-hydroxylation sites is 1. The standard InChI is InChI=1S/C16H15BrFNO2/c1-10(11-6-3-4-9-14(11)20)19(2)16(21)12-7-5-8-13(18)15(12)17/h3-10,20H,1-2H3. The molecule has 0 aliphatic carbocycles. The number of carbonyl (C=O) groups is 1. The molecule has 0 spiro atoms. The van der Waals surface area contributed by atoms with Gasteiger partial charge in [0, 0.05) is 12.6 Å². The molecule has 0 saturated heterocycles. The monoisotopic (exact) mass is 351 g/mol. The minimum absolute atomic E-state index is 0.128. The van der Waals surface area contributed by atoms with Gasteiger partial charge in [-0.1, -0.05) is 24.3 Å². The van der Waals surface area contributed by atoms with Crippen molar-refractivity contribution in [3.8, 4) is 5.75 Å². The van der Waals surface area contributed by atoms with Crippen LogP contribution in [-0.4, -0.2) is 23.0 Å². The molecular weight excluding hydrogens is 337 g/mol. The van der Waals surface area contributed by atoms with Gasteiger partial charge in [-0.2, -0.15) is 0 Å². The third-order valence-electron chi connectivity index (χ3n) is 3.47. The smallest absolute Gasteiger partial charge is 0.255 e. The summed E-state index contributed by atoms with van der Waals surface area (Å²) in [5, 5.41) is 9.87. The normalized spacial score (nSPS) is 12.0. The zero-order chi connectivity index (χ0) is 15.6. The van der Waals surface area contributed by atoms with Crippen molar-refractivity contribution in [2.75, 3.05) is 7.05 Å². The van der Waals surface area contributed by atoms with Gasteiger partial charge in [0.1, 0.15) is 11.6 Å². The predicted octanol–water partition coefficient (Wildman–Crippen LogP) is 4.13. The Morgan fingerprint density at radius 1 is 1.24 bits per heavy atom. The molecule has 1 unspecified atom stereocenters. The van der Waals surface area contributed by atoms with Crippen molar-refractivity contribution in [3.63, 3.8) is 0 Å². The second-order valence-electron chi connectivity index (χ2n) is 4.75. The van der Waals surface area contributed by atoms with E-state index in [2.05, 4.69) is 15.9 Å². The van der Waals surface area contributed by atoms with Crippen LogP contribution in [0.15, 0.2) is 46.9 Å². The second kappa shape index (κ2) is 6.26. The van der Waals surface area contributed by atoms with E-state index in [1.165, 1.54) is 17.0 Å². The number of phenols is 1. The molecule has 0 aromatic heterocycles. The highest BCUT2D eigenvalue weighted by molar-refractivity contribution is 9.10. The predicted molar refractivity (Wildman–Crippen MR) is 82.7 cm³/mol. The highest BCUT2D eigenvalue weighted by atomic mass is 79.9. The van der Waals surface area contributed by atoms with Crippen molar-refractivity contribution in [3.05, 3.63) is 63.9 Å². The maximum absolute atomic E-state index is 13.5. The summed E-state index contributed by atoms with van der Waals surface area (Å²) in [6, 6.07) is 10.8. The van der Waals surface area contributed by atoms with Gasteiger partial charge in [-0.3, -0.25) is 4.79 Å². The van der Waals surface area contributed by atoms with Gasteiger partial charge in [0.2, 0.25) is 0 Å². The third-order valence-corrected chi connectivity index (χ3v) is 4.28. The van der Waals surface area contributed by atoms with Crippen LogP contribution in [0.2, 0.25) is 0 Å². The first-order chi connectivity index (χ1) is 9.93. The molecule has 0 bridgehead atoms. The van der Waals surface area contributed by atoms with Crippen LogP contribution in [0.4, 0.5) is 4.39 Å². The lowest BCUT2D eigenvalue weighted by molar-refractivity contribution is 0.0740. The van der Waals surface area contributed by atoms with Crippen LogP contribution in [0.5, 0.6) is 5.75 Å². The Morgan fingerprint density at radius 2 is 1.90 bits per heavy atom. The quantitative estimate of drug-likeness (QED) is 0.903. The van der Waals surface area contributed by atoms with E-state index in [1.807, 2.05) is 0 Å². The highest BCUT2D eigenvalue weighted by Crippen LogP contribution is 2.29. The van der Waals surface area contributed by atoms with Gasteiger partial charge in [-0.05, 0) is 41.1 Å². The van der Waals surface area contributed by atoms with Crippen molar-refractivity contribution >= 4 is 21.8 Å². The zero-order valence-corrected chi connectivity index (χ0v) is 13.3. The fourth-order valence-electron chi connectivity index (χ4n) is 2.08. The van der Waals surface area contributed by atoms with Gasteiger partial charge < -0.3 is 10.0 Å². The summed E-state index contributed by atoms with van der Waals surface area (Å²) < 4.78 is 13.7. The van der Waals surface area contributed by atoms with E-state index in [4.69, 9.17) is 0 Å². The lowest BCUT2D eigenvalue weighted by atomic mass is 10.1. The Labute approximate surface area is 131 Å². The maximum atomic E-state index is 13.5. The third kappa shape index (κ3) is 3.08. The molecule has 5 heteroatoms. The van der Waals surface area contributed by atoms with Crippen LogP contribution in [-0.2, 0) is 0 Å².